The van der Waals surface area contributed by atoms with Crippen molar-refractivity contribution in [2.45, 2.75) is 39.2 Å². The third kappa shape index (κ3) is 5.59. The second-order valence-corrected chi connectivity index (χ2v) is 8.06. The van der Waals surface area contributed by atoms with Crippen molar-refractivity contribution in [1.82, 2.24) is 0 Å². The van der Waals surface area contributed by atoms with Gasteiger partial charge in [-0.15, -0.1) is 0 Å². The first kappa shape index (κ1) is 21.4. The summed E-state index contributed by atoms with van der Waals surface area (Å²) >= 11 is 0. The number of hydrogen-bond acceptors (Lipinski definition) is 5. The van der Waals surface area contributed by atoms with Gasteiger partial charge in [0, 0.05) is 17.9 Å². The molecule has 2 aromatic carbocycles. The Morgan fingerprint density at radius 2 is 1.73 bits per heavy atom. The van der Waals surface area contributed by atoms with Crippen LogP contribution in [-0.2, 0) is 20.7 Å². The number of hydrogen-bond donors (Lipinski definition) is 1. The van der Waals surface area contributed by atoms with Gasteiger partial charge in [-0.2, -0.15) is 0 Å². The van der Waals surface area contributed by atoms with Crippen LogP contribution in [0.2, 0.25) is 0 Å². The lowest BCUT2D eigenvalue weighted by Crippen LogP contribution is -2.38. The van der Waals surface area contributed by atoms with Gasteiger partial charge in [0.25, 0.3) is 5.91 Å². The fourth-order valence-corrected chi connectivity index (χ4v) is 3.19. The molecule has 1 N–H and O–H groups in total. The normalized spacial score (nSPS) is 13.2. The molecule has 158 valence electrons. The average Bonchev–Trinajstić information content (AvgIpc) is 2.70. The summed E-state index contributed by atoms with van der Waals surface area (Å²) in [6.07, 6.45) is 1.23. The van der Waals surface area contributed by atoms with Crippen molar-refractivity contribution in [3.8, 4) is 0 Å². The zero-order valence-corrected chi connectivity index (χ0v) is 17.4. The molecule has 0 unspecified atom stereocenters. The topological polar surface area (TPSA) is 84.9 Å². The van der Waals surface area contributed by atoms with Gasteiger partial charge in [-0.1, -0.05) is 18.2 Å². The van der Waals surface area contributed by atoms with E-state index in [4.69, 9.17) is 9.47 Å². The molecule has 7 heteroatoms. The number of carbonyl (C=O) groups excluding carboxylic acids is 3. The number of anilines is 2. The van der Waals surface area contributed by atoms with E-state index in [1.165, 1.54) is 12.1 Å². The van der Waals surface area contributed by atoms with Crippen molar-refractivity contribution >= 4 is 29.3 Å². The number of ether oxygens (including phenoxy) is 2. The number of benzene rings is 2. The number of aryl methyl sites for hydroxylation is 1. The Morgan fingerprint density at radius 1 is 1.03 bits per heavy atom. The molecule has 0 atom stereocenters. The van der Waals surface area contributed by atoms with Gasteiger partial charge in [-0.05, 0) is 69.5 Å². The fraction of sp³-hybridized carbons (Fsp3) is 0.348. The highest BCUT2D eigenvalue weighted by molar-refractivity contribution is 5.98. The molecule has 0 spiro atoms. The van der Waals surface area contributed by atoms with Crippen LogP contribution in [0.3, 0.4) is 0 Å². The highest BCUT2D eigenvalue weighted by atomic mass is 16.6. The molecular weight excluding hydrogens is 384 g/mol. The van der Waals surface area contributed by atoms with Crippen LogP contribution in [0.25, 0.3) is 0 Å². The number of rotatable bonds is 4. The van der Waals surface area contributed by atoms with E-state index in [1.807, 2.05) is 24.3 Å². The van der Waals surface area contributed by atoms with Crippen LogP contribution >= 0.6 is 0 Å². The van der Waals surface area contributed by atoms with Gasteiger partial charge in [0.15, 0.2) is 6.61 Å². The summed E-state index contributed by atoms with van der Waals surface area (Å²) in [6.45, 7) is 5.60. The van der Waals surface area contributed by atoms with Gasteiger partial charge in [-0.25, -0.2) is 9.59 Å². The van der Waals surface area contributed by atoms with E-state index in [-0.39, 0.29) is 18.1 Å². The van der Waals surface area contributed by atoms with Crippen molar-refractivity contribution in [1.29, 1.82) is 0 Å². The molecule has 1 aliphatic heterocycles. The van der Waals surface area contributed by atoms with Gasteiger partial charge in [0.2, 0.25) is 0 Å². The lowest BCUT2D eigenvalue weighted by Gasteiger charge is -2.29. The molecule has 0 radical (unpaired) electrons. The Labute approximate surface area is 176 Å². The Hall–Kier alpha value is -3.35. The highest BCUT2D eigenvalue weighted by Gasteiger charge is 2.23. The highest BCUT2D eigenvalue weighted by Crippen LogP contribution is 2.26. The molecule has 2 aromatic rings. The summed E-state index contributed by atoms with van der Waals surface area (Å²) in [5.41, 5.74) is 2.17. The number of fused-ring (bicyclic) bond motifs is 1. The first-order chi connectivity index (χ1) is 14.2. The zero-order chi connectivity index (χ0) is 21.7. The van der Waals surface area contributed by atoms with Crippen molar-refractivity contribution in [3.05, 3.63) is 59.7 Å². The van der Waals surface area contributed by atoms with Gasteiger partial charge >= 0.3 is 12.1 Å². The van der Waals surface area contributed by atoms with E-state index in [0.29, 0.717) is 12.2 Å². The smallest absolute Gasteiger partial charge is 0.412 e. The monoisotopic (exact) mass is 410 g/mol. The molecule has 1 heterocycles. The Bertz CT molecular complexity index is 931. The molecule has 0 saturated carbocycles. The summed E-state index contributed by atoms with van der Waals surface area (Å²) in [5.74, 6) is -0.851. The molecule has 2 amide bonds. The molecule has 7 nitrogen and oxygen atoms in total. The van der Waals surface area contributed by atoms with Gasteiger partial charge in [-0.3, -0.25) is 10.1 Å². The number of carbonyl (C=O) groups is 3. The fourth-order valence-electron chi connectivity index (χ4n) is 3.19. The Balaban J connectivity index is 1.54. The lowest BCUT2D eigenvalue weighted by atomic mass is 10.0. The minimum atomic E-state index is -0.602. The standard InChI is InChI=1S/C23H26N2O5/c1-23(2,3)30-22(28)24-18-12-10-17(11-13-18)21(27)29-15-20(26)25-14-6-8-16-7-4-5-9-19(16)25/h4-5,7,9-13H,6,8,14-15H2,1-3H3,(H,24,28). The maximum absolute atomic E-state index is 12.6. The van der Waals surface area contributed by atoms with Crippen LogP contribution in [0.1, 0.15) is 43.1 Å². The third-order valence-electron chi connectivity index (χ3n) is 4.50. The van der Waals surface area contributed by atoms with Crippen LogP contribution < -0.4 is 10.2 Å². The average molecular weight is 410 g/mol. The Kier molecular flexibility index (Phi) is 6.40. The van der Waals surface area contributed by atoms with Gasteiger partial charge < -0.3 is 14.4 Å². The zero-order valence-electron chi connectivity index (χ0n) is 17.4. The van der Waals surface area contributed by atoms with Crippen molar-refractivity contribution < 1.29 is 23.9 Å². The van der Waals surface area contributed by atoms with Crippen LogP contribution in [-0.4, -0.2) is 36.7 Å². The van der Waals surface area contributed by atoms with Crippen LogP contribution in [0, 0.1) is 0 Å². The maximum Gasteiger partial charge on any atom is 0.412 e. The predicted octanol–water partition coefficient (Wildman–Crippen LogP) is 4.17. The van der Waals surface area contributed by atoms with Crippen LogP contribution in [0.4, 0.5) is 16.2 Å². The van der Waals surface area contributed by atoms with Gasteiger partial charge in [0.1, 0.15) is 5.60 Å². The molecule has 0 fully saturated rings. The molecule has 30 heavy (non-hydrogen) atoms. The second-order valence-electron chi connectivity index (χ2n) is 8.06. The lowest BCUT2D eigenvalue weighted by molar-refractivity contribution is -0.121. The van der Waals surface area contributed by atoms with Crippen LogP contribution in [0.15, 0.2) is 48.5 Å². The molecule has 0 aromatic heterocycles. The Morgan fingerprint density at radius 3 is 2.43 bits per heavy atom. The van der Waals surface area contributed by atoms with Crippen LogP contribution in [0.5, 0.6) is 0 Å². The number of nitrogens with one attached hydrogen (secondary N) is 1. The molecule has 0 bridgehead atoms. The van der Waals surface area contributed by atoms with E-state index in [0.717, 1.165) is 24.1 Å². The number of para-hydroxylation sites is 1. The van der Waals surface area contributed by atoms with E-state index < -0.39 is 17.7 Å². The number of nitrogens with zero attached hydrogens (tertiary/aromatic N) is 1. The van der Waals surface area contributed by atoms with Gasteiger partial charge in [0.05, 0.1) is 5.56 Å². The summed E-state index contributed by atoms with van der Waals surface area (Å²) in [4.78, 5) is 38.3. The van der Waals surface area contributed by atoms with E-state index >= 15 is 0 Å². The SMILES string of the molecule is CC(C)(C)OC(=O)Nc1ccc(C(=O)OCC(=O)N2CCCc3ccccc32)cc1. The van der Waals surface area contributed by atoms with E-state index in [1.54, 1.807) is 37.8 Å². The minimum absolute atomic E-state index is 0.251. The number of amides is 2. The van der Waals surface area contributed by atoms with E-state index in [9.17, 15) is 14.4 Å². The molecule has 3 rings (SSSR count). The third-order valence-corrected chi connectivity index (χ3v) is 4.50. The predicted molar refractivity (Wildman–Crippen MR) is 114 cm³/mol. The minimum Gasteiger partial charge on any atom is -0.452 e. The second kappa shape index (κ2) is 8.98. The van der Waals surface area contributed by atoms with E-state index in [2.05, 4.69) is 5.32 Å². The first-order valence-electron chi connectivity index (χ1n) is 9.88. The summed E-state index contributed by atoms with van der Waals surface area (Å²) in [7, 11) is 0. The molecular formula is C23H26N2O5. The molecule has 0 saturated heterocycles. The summed E-state index contributed by atoms with van der Waals surface area (Å²) < 4.78 is 10.4. The largest absolute Gasteiger partial charge is 0.452 e. The van der Waals surface area contributed by atoms with Crippen molar-refractivity contribution in [3.63, 3.8) is 0 Å². The quantitative estimate of drug-likeness (QED) is 0.765. The summed E-state index contributed by atoms with van der Waals surface area (Å²) in [6, 6.07) is 14.0. The molecule has 1 aliphatic rings. The van der Waals surface area contributed by atoms with Crippen molar-refractivity contribution in [2.75, 3.05) is 23.4 Å². The maximum atomic E-state index is 12.6. The first-order valence-corrected chi connectivity index (χ1v) is 9.88. The number of esters is 1. The molecule has 0 aliphatic carbocycles. The summed E-state index contributed by atoms with van der Waals surface area (Å²) in [5, 5.41) is 2.59. The van der Waals surface area contributed by atoms with Crippen molar-refractivity contribution in [2.24, 2.45) is 0 Å².